The van der Waals surface area contributed by atoms with Gasteiger partial charge in [0, 0.05) is 15.8 Å². The van der Waals surface area contributed by atoms with Crippen LogP contribution in [0.3, 0.4) is 0 Å². The Morgan fingerprint density at radius 3 is 2.53 bits per heavy atom. The van der Waals surface area contributed by atoms with Crippen molar-refractivity contribution in [1.29, 1.82) is 0 Å². The molecule has 17 heavy (non-hydrogen) atoms. The summed E-state index contributed by atoms with van der Waals surface area (Å²) < 4.78 is 13.9. The minimum atomic E-state index is -0.234. The van der Waals surface area contributed by atoms with Crippen LogP contribution in [0.15, 0.2) is 40.2 Å². The van der Waals surface area contributed by atoms with Crippen molar-refractivity contribution in [2.24, 2.45) is 5.84 Å². The highest BCUT2D eigenvalue weighted by Crippen LogP contribution is 2.28. The van der Waals surface area contributed by atoms with Crippen molar-refractivity contribution in [2.75, 3.05) is 0 Å². The second kappa shape index (κ2) is 5.73. The van der Waals surface area contributed by atoms with E-state index in [9.17, 15) is 4.39 Å². The van der Waals surface area contributed by atoms with Crippen molar-refractivity contribution < 1.29 is 4.39 Å². The Labute approximate surface area is 112 Å². The summed E-state index contributed by atoms with van der Waals surface area (Å²) in [6, 6.07) is 8.40. The summed E-state index contributed by atoms with van der Waals surface area (Å²) in [6.07, 6.45) is 0.778. The first kappa shape index (κ1) is 12.7. The molecule has 0 aliphatic rings. The normalized spacial score (nSPS) is 12.6. The number of hydrogen-bond donors (Lipinski definition) is 2. The predicted molar refractivity (Wildman–Crippen MR) is 72.2 cm³/mol. The molecule has 0 amide bonds. The van der Waals surface area contributed by atoms with Gasteiger partial charge in [0.05, 0.1) is 6.04 Å². The molecule has 1 heterocycles. The molecular weight excluding hydrogens is 303 g/mol. The summed E-state index contributed by atoms with van der Waals surface area (Å²) in [4.78, 5) is 1.22. The molecule has 0 bridgehead atoms. The summed E-state index contributed by atoms with van der Waals surface area (Å²) in [6.45, 7) is 0. The Balaban J connectivity index is 2.17. The van der Waals surface area contributed by atoms with E-state index in [1.807, 2.05) is 11.4 Å². The maximum absolute atomic E-state index is 12.8. The Kier molecular flexibility index (Phi) is 4.28. The monoisotopic (exact) mass is 314 g/mol. The van der Waals surface area contributed by atoms with Gasteiger partial charge in [0.2, 0.25) is 0 Å². The van der Waals surface area contributed by atoms with Gasteiger partial charge in [0.15, 0.2) is 0 Å². The molecule has 1 unspecified atom stereocenters. The Hall–Kier alpha value is -0.750. The molecule has 0 radical (unpaired) electrons. The third-order valence-corrected chi connectivity index (χ3v) is 4.50. The van der Waals surface area contributed by atoms with Crippen LogP contribution in [0, 0.1) is 5.82 Å². The number of hydrogen-bond acceptors (Lipinski definition) is 3. The highest BCUT2D eigenvalue weighted by molar-refractivity contribution is 9.10. The summed E-state index contributed by atoms with van der Waals surface area (Å²) in [5.74, 6) is 5.32. The fourth-order valence-electron chi connectivity index (χ4n) is 1.62. The molecule has 0 fully saturated rings. The average Bonchev–Trinajstić information content (AvgIpc) is 2.73. The highest BCUT2D eigenvalue weighted by atomic mass is 79.9. The Bertz CT molecular complexity index is 484. The molecule has 0 aliphatic carbocycles. The minimum Gasteiger partial charge on any atom is -0.271 e. The van der Waals surface area contributed by atoms with E-state index in [2.05, 4.69) is 21.4 Å². The van der Waals surface area contributed by atoms with E-state index in [4.69, 9.17) is 5.84 Å². The number of thiophene rings is 1. The van der Waals surface area contributed by atoms with Gasteiger partial charge in [0.25, 0.3) is 0 Å². The van der Waals surface area contributed by atoms with Crippen LogP contribution in [0.4, 0.5) is 4.39 Å². The minimum absolute atomic E-state index is 0.00875. The fraction of sp³-hybridized carbons (Fsp3) is 0.167. The van der Waals surface area contributed by atoms with Crippen LogP contribution in [0.5, 0.6) is 0 Å². The predicted octanol–water partition coefficient (Wildman–Crippen LogP) is 3.40. The van der Waals surface area contributed by atoms with Gasteiger partial charge in [-0.15, -0.1) is 11.3 Å². The first-order chi connectivity index (χ1) is 8.20. The number of nitrogens with one attached hydrogen (secondary N) is 1. The van der Waals surface area contributed by atoms with Gasteiger partial charge in [-0.05, 0) is 45.1 Å². The lowest BCUT2D eigenvalue weighted by Crippen LogP contribution is -2.29. The SMILES string of the molecule is NNC(Cc1sccc1Br)c1ccc(F)cc1. The van der Waals surface area contributed by atoms with E-state index in [1.54, 1.807) is 23.5 Å². The zero-order valence-corrected chi connectivity index (χ0v) is 11.4. The van der Waals surface area contributed by atoms with E-state index in [0.717, 1.165) is 16.5 Å². The van der Waals surface area contributed by atoms with E-state index in [1.165, 1.54) is 17.0 Å². The maximum Gasteiger partial charge on any atom is 0.123 e. The van der Waals surface area contributed by atoms with Gasteiger partial charge in [0.1, 0.15) is 5.82 Å². The summed E-state index contributed by atoms with van der Waals surface area (Å²) in [5.41, 5.74) is 3.75. The molecule has 1 aromatic carbocycles. The summed E-state index contributed by atoms with van der Waals surface area (Å²) >= 11 is 5.16. The first-order valence-corrected chi connectivity index (χ1v) is 6.81. The molecule has 0 saturated carbocycles. The quantitative estimate of drug-likeness (QED) is 0.670. The molecule has 2 rings (SSSR count). The molecule has 1 atom stereocenters. The van der Waals surface area contributed by atoms with Gasteiger partial charge < -0.3 is 0 Å². The molecule has 0 aliphatic heterocycles. The Morgan fingerprint density at radius 1 is 1.29 bits per heavy atom. The molecule has 0 spiro atoms. The maximum atomic E-state index is 12.8. The number of benzene rings is 1. The largest absolute Gasteiger partial charge is 0.271 e. The number of rotatable bonds is 4. The molecule has 1 aromatic heterocycles. The summed E-state index contributed by atoms with van der Waals surface area (Å²) in [5, 5.41) is 2.03. The topological polar surface area (TPSA) is 38.0 Å². The van der Waals surface area contributed by atoms with Crippen LogP contribution < -0.4 is 11.3 Å². The van der Waals surface area contributed by atoms with Crippen LogP contribution in [0.1, 0.15) is 16.5 Å². The van der Waals surface area contributed by atoms with E-state index in [0.29, 0.717) is 0 Å². The molecule has 0 saturated heterocycles. The van der Waals surface area contributed by atoms with Crippen molar-refractivity contribution in [3.05, 3.63) is 56.4 Å². The molecule has 3 N–H and O–H groups in total. The van der Waals surface area contributed by atoms with Crippen molar-refractivity contribution in [2.45, 2.75) is 12.5 Å². The van der Waals surface area contributed by atoms with E-state index < -0.39 is 0 Å². The van der Waals surface area contributed by atoms with Gasteiger partial charge in [-0.2, -0.15) is 0 Å². The van der Waals surface area contributed by atoms with E-state index >= 15 is 0 Å². The lowest BCUT2D eigenvalue weighted by molar-refractivity contribution is 0.552. The van der Waals surface area contributed by atoms with Crippen LogP contribution in [-0.4, -0.2) is 0 Å². The van der Waals surface area contributed by atoms with Crippen LogP contribution >= 0.6 is 27.3 Å². The summed E-state index contributed by atoms with van der Waals surface area (Å²) in [7, 11) is 0. The third kappa shape index (κ3) is 3.13. The molecular formula is C12H12BrFN2S. The van der Waals surface area contributed by atoms with Crippen molar-refractivity contribution in [3.63, 3.8) is 0 Å². The molecule has 2 aromatic rings. The van der Waals surface area contributed by atoms with Crippen LogP contribution in [-0.2, 0) is 6.42 Å². The molecule has 90 valence electrons. The van der Waals surface area contributed by atoms with Crippen molar-refractivity contribution in [3.8, 4) is 0 Å². The number of halogens is 2. The van der Waals surface area contributed by atoms with Gasteiger partial charge in [-0.3, -0.25) is 11.3 Å². The Morgan fingerprint density at radius 2 is 2.00 bits per heavy atom. The van der Waals surface area contributed by atoms with Crippen LogP contribution in [0.2, 0.25) is 0 Å². The fourth-order valence-corrected chi connectivity index (χ4v) is 3.19. The average molecular weight is 315 g/mol. The van der Waals surface area contributed by atoms with Gasteiger partial charge >= 0.3 is 0 Å². The third-order valence-electron chi connectivity index (χ3n) is 2.55. The smallest absolute Gasteiger partial charge is 0.123 e. The van der Waals surface area contributed by atoms with Crippen LogP contribution in [0.25, 0.3) is 0 Å². The van der Waals surface area contributed by atoms with Gasteiger partial charge in [-0.25, -0.2) is 4.39 Å². The van der Waals surface area contributed by atoms with Crippen molar-refractivity contribution >= 4 is 27.3 Å². The molecule has 2 nitrogen and oxygen atoms in total. The lowest BCUT2D eigenvalue weighted by atomic mass is 10.0. The lowest BCUT2D eigenvalue weighted by Gasteiger charge is -2.15. The standard InChI is InChI=1S/C12H12BrFN2S/c13-10-5-6-17-12(10)7-11(16-15)8-1-3-9(14)4-2-8/h1-6,11,16H,7,15H2. The zero-order valence-electron chi connectivity index (χ0n) is 8.99. The zero-order chi connectivity index (χ0) is 12.3. The second-order valence-corrected chi connectivity index (χ2v) is 5.52. The number of nitrogens with two attached hydrogens (primary N) is 1. The highest BCUT2D eigenvalue weighted by Gasteiger charge is 2.13. The van der Waals surface area contributed by atoms with E-state index in [-0.39, 0.29) is 11.9 Å². The number of hydrazine groups is 1. The second-order valence-electron chi connectivity index (χ2n) is 3.67. The van der Waals surface area contributed by atoms with Gasteiger partial charge in [-0.1, -0.05) is 12.1 Å². The molecule has 5 heteroatoms. The first-order valence-electron chi connectivity index (χ1n) is 5.14. The van der Waals surface area contributed by atoms with Crippen molar-refractivity contribution in [1.82, 2.24) is 5.43 Å².